The minimum atomic E-state index is -0.533. The molecule has 1 amide bonds. The molecule has 1 aromatic heterocycles. The summed E-state index contributed by atoms with van der Waals surface area (Å²) in [5.41, 5.74) is 3.31. The first-order valence-electron chi connectivity index (χ1n) is 12.2. The molecule has 4 heterocycles. The standard InChI is InChI=1S/C28H25F2N3O3.ClH/c29-22-5-1-18(2-6-22)27(34)33(25-16-32-11-9-17(25)10-12-32)15-21-13-19(3-7-23(21)30)20-4-8-24-26(14-20)36-28(35)31-24;/h1-8,13-14,17,25H,9-12,15-16H2,(H,31,35);1H. The van der Waals surface area contributed by atoms with Crippen molar-refractivity contribution in [3.05, 3.63) is 94.0 Å². The summed E-state index contributed by atoms with van der Waals surface area (Å²) in [5, 5.41) is 0. The Morgan fingerprint density at radius 3 is 2.41 bits per heavy atom. The smallest absolute Gasteiger partial charge is 0.408 e. The molecule has 192 valence electrons. The Bertz CT molecular complexity index is 1490. The number of carbonyl (C=O) groups is 1. The van der Waals surface area contributed by atoms with E-state index in [0.717, 1.165) is 43.6 Å². The molecular weight excluding hydrogens is 500 g/mol. The van der Waals surface area contributed by atoms with Gasteiger partial charge in [0.05, 0.1) is 5.52 Å². The van der Waals surface area contributed by atoms with E-state index in [1.807, 2.05) is 6.07 Å². The average molecular weight is 526 g/mol. The molecule has 0 saturated carbocycles. The monoisotopic (exact) mass is 525 g/mol. The Morgan fingerprint density at radius 1 is 1.00 bits per heavy atom. The van der Waals surface area contributed by atoms with E-state index in [1.54, 1.807) is 29.2 Å². The van der Waals surface area contributed by atoms with Gasteiger partial charge >= 0.3 is 5.76 Å². The zero-order valence-corrected chi connectivity index (χ0v) is 20.8. The van der Waals surface area contributed by atoms with Gasteiger partial charge in [-0.15, -0.1) is 12.4 Å². The van der Waals surface area contributed by atoms with Gasteiger partial charge in [-0.25, -0.2) is 13.6 Å². The summed E-state index contributed by atoms with van der Waals surface area (Å²) in [5.74, 6) is -1.21. The van der Waals surface area contributed by atoms with Gasteiger partial charge < -0.3 is 14.2 Å². The van der Waals surface area contributed by atoms with Gasteiger partial charge in [0.15, 0.2) is 5.58 Å². The predicted molar refractivity (Wildman–Crippen MR) is 139 cm³/mol. The van der Waals surface area contributed by atoms with Gasteiger partial charge in [-0.2, -0.15) is 0 Å². The summed E-state index contributed by atoms with van der Waals surface area (Å²) < 4.78 is 33.8. The summed E-state index contributed by atoms with van der Waals surface area (Å²) >= 11 is 0. The van der Waals surface area contributed by atoms with Gasteiger partial charge in [0.2, 0.25) is 0 Å². The quantitative estimate of drug-likeness (QED) is 0.387. The summed E-state index contributed by atoms with van der Waals surface area (Å²) in [4.78, 5) is 31.9. The van der Waals surface area contributed by atoms with Gasteiger partial charge in [-0.3, -0.25) is 9.78 Å². The van der Waals surface area contributed by atoms with Crippen molar-refractivity contribution in [2.75, 3.05) is 19.6 Å². The minimum Gasteiger partial charge on any atom is -0.408 e. The maximum atomic E-state index is 15.1. The highest BCUT2D eigenvalue weighted by atomic mass is 35.5. The number of H-pyrrole nitrogens is 1. The number of hydrogen-bond donors (Lipinski definition) is 1. The highest BCUT2D eigenvalue weighted by molar-refractivity contribution is 5.94. The number of halogens is 3. The minimum absolute atomic E-state index is 0. The number of aromatic amines is 1. The van der Waals surface area contributed by atoms with Gasteiger partial charge in [0.1, 0.15) is 11.6 Å². The summed E-state index contributed by atoms with van der Waals surface area (Å²) in [6, 6.07) is 15.6. The molecule has 3 fully saturated rings. The van der Waals surface area contributed by atoms with Crippen LogP contribution in [0.15, 0.2) is 69.9 Å². The number of carbonyl (C=O) groups excluding carboxylic acids is 1. The van der Waals surface area contributed by atoms with Crippen LogP contribution in [-0.4, -0.2) is 46.4 Å². The molecule has 3 saturated heterocycles. The SMILES string of the molecule is Cl.O=C(c1ccc(F)cc1)N(Cc1cc(-c2ccc3[nH]c(=O)oc3c2)ccc1F)C1CN2CCC1CC2. The second kappa shape index (κ2) is 10.1. The van der Waals surface area contributed by atoms with Crippen molar-refractivity contribution in [3.8, 4) is 11.1 Å². The summed E-state index contributed by atoms with van der Waals surface area (Å²) in [6.07, 6.45) is 2.00. The van der Waals surface area contributed by atoms with Gasteiger partial charge in [-0.05, 0) is 91.5 Å². The van der Waals surface area contributed by atoms with Crippen LogP contribution in [0, 0.1) is 17.6 Å². The zero-order valence-electron chi connectivity index (χ0n) is 20.0. The topological polar surface area (TPSA) is 69.5 Å². The van der Waals surface area contributed by atoms with Crippen LogP contribution in [0.5, 0.6) is 0 Å². The van der Waals surface area contributed by atoms with Crippen LogP contribution in [0.3, 0.4) is 0 Å². The van der Waals surface area contributed by atoms with Crippen LogP contribution in [0.2, 0.25) is 0 Å². The second-order valence-electron chi connectivity index (χ2n) is 9.68. The van der Waals surface area contributed by atoms with Gasteiger partial charge in [0.25, 0.3) is 5.91 Å². The van der Waals surface area contributed by atoms with Crippen molar-refractivity contribution in [2.45, 2.75) is 25.4 Å². The molecule has 0 radical (unpaired) electrons. The van der Waals surface area contributed by atoms with E-state index in [0.29, 0.717) is 28.1 Å². The Kier molecular flexibility index (Phi) is 6.88. The molecule has 0 aliphatic carbocycles. The molecule has 4 aromatic rings. The van der Waals surface area contributed by atoms with E-state index >= 15 is 4.39 Å². The Morgan fingerprint density at radius 2 is 1.70 bits per heavy atom. The van der Waals surface area contributed by atoms with Crippen LogP contribution in [0.4, 0.5) is 8.78 Å². The van der Waals surface area contributed by atoms with Gasteiger partial charge in [-0.1, -0.05) is 12.1 Å². The van der Waals surface area contributed by atoms with Crippen LogP contribution in [0.25, 0.3) is 22.2 Å². The van der Waals surface area contributed by atoms with Crippen molar-refractivity contribution in [3.63, 3.8) is 0 Å². The molecule has 3 aliphatic heterocycles. The fourth-order valence-corrected chi connectivity index (χ4v) is 5.57. The maximum Gasteiger partial charge on any atom is 0.417 e. The number of piperidine rings is 3. The van der Waals surface area contributed by atoms with Crippen LogP contribution >= 0.6 is 12.4 Å². The molecule has 1 N–H and O–H groups in total. The van der Waals surface area contributed by atoms with Crippen molar-refractivity contribution in [2.24, 2.45) is 5.92 Å². The number of hydrogen-bond acceptors (Lipinski definition) is 4. The first-order valence-corrected chi connectivity index (χ1v) is 12.2. The third-order valence-electron chi connectivity index (χ3n) is 7.51. The Hall–Kier alpha value is -3.49. The van der Waals surface area contributed by atoms with Crippen LogP contribution < -0.4 is 5.76 Å². The first kappa shape index (κ1) is 25.2. The van der Waals surface area contributed by atoms with Crippen molar-refractivity contribution < 1.29 is 18.0 Å². The summed E-state index contributed by atoms with van der Waals surface area (Å²) in [7, 11) is 0. The molecule has 9 heteroatoms. The number of oxazole rings is 1. The fraction of sp³-hybridized carbons (Fsp3) is 0.286. The lowest BCUT2D eigenvalue weighted by molar-refractivity contribution is 0.00434. The average Bonchev–Trinajstić information content (AvgIpc) is 3.28. The van der Waals surface area contributed by atoms with E-state index in [2.05, 4.69) is 9.88 Å². The number of amides is 1. The lowest BCUT2D eigenvalue weighted by Gasteiger charge is -2.49. The van der Waals surface area contributed by atoms with E-state index < -0.39 is 17.4 Å². The lowest BCUT2D eigenvalue weighted by Crippen LogP contribution is -2.58. The maximum absolute atomic E-state index is 15.1. The zero-order chi connectivity index (χ0) is 24.8. The summed E-state index contributed by atoms with van der Waals surface area (Å²) in [6.45, 7) is 2.89. The molecule has 2 bridgehead atoms. The van der Waals surface area contributed by atoms with E-state index in [-0.39, 0.29) is 30.9 Å². The number of rotatable bonds is 5. The second-order valence-corrected chi connectivity index (χ2v) is 9.68. The number of nitrogens with zero attached hydrogens (tertiary/aromatic N) is 2. The van der Waals surface area contributed by atoms with E-state index in [9.17, 15) is 14.0 Å². The lowest BCUT2D eigenvalue weighted by atomic mass is 9.82. The number of aromatic nitrogens is 1. The molecular formula is C28H26ClF2N3O3. The molecule has 3 aliphatic rings. The van der Waals surface area contributed by atoms with Crippen molar-refractivity contribution in [1.29, 1.82) is 0 Å². The van der Waals surface area contributed by atoms with E-state index in [1.165, 1.54) is 30.3 Å². The molecule has 7 rings (SSSR count). The van der Waals surface area contributed by atoms with Crippen LogP contribution in [0.1, 0.15) is 28.8 Å². The third-order valence-corrected chi connectivity index (χ3v) is 7.51. The van der Waals surface area contributed by atoms with Crippen molar-refractivity contribution in [1.82, 2.24) is 14.8 Å². The highest BCUT2D eigenvalue weighted by Crippen LogP contribution is 2.34. The molecule has 37 heavy (non-hydrogen) atoms. The van der Waals surface area contributed by atoms with E-state index in [4.69, 9.17) is 4.42 Å². The molecule has 1 unspecified atom stereocenters. The number of benzene rings is 3. The molecule has 1 atom stereocenters. The Balaban J connectivity index is 0.00000280. The number of nitrogens with one attached hydrogen (secondary N) is 1. The molecule has 6 nitrogen and oxygen atoms in total. The Labute approximate surface area is 218 Å². The molecule has 0 spiro atoms. The predicted octanol–water partition coefficient (Wildman–Crippen LogP) is 5.22. The number of fused-ring (bicyclic) bond motifs is 4. The normalized spacial score (nSPS) is 20.5. The van der Waals surface area contributed by atoms with Crippen LogP contribution in [-0.2, 0) is 6.54 Å². The third kappa shape index (κ3) is 4.91. The largest absolute Gasteiger partial charge is 0.417 e. The fourth-order valence-electron chi connectivity index (χ4n) is 5.57. The van der Waals surface area contributed by atoms with Gasteiger partial charge in [0, 0.05) is 30.3 Å². The molecule has 3 aromatic carbocycles. The highest BCUT2D eigenvalue weighted by Gasteiger charge is 2.39. The van der Waals surface area contributed by atoms with Crippen molar-refractivity contribution >= 4 is 29.4 Å². The first-order chi connectivity index (χ1) is 17.4.